The number of halogens is 1. The average molecular weight is 286 g/mol. The Morgan fingerprint density at radius 1 is 1.30 bits per heavy atom. The van der Waals surface area contributed by atoms with Crippen molar-refractivity contribution in [2.75, 3.05) is 5.32 Å². The van der Waals surface area contributed by atoms with Crippen LogP contribution in [0.15, 0.2) is 42.7 Å². The SMILES string of the molecule is Cc1cc(NC(=O)c2ccc3[nH]ccc3c2)cnc1Cl. The number of carbonyl (C=O) groups excluding carboxylic acids is 1. The van der Waals surface area contributed by atoms with Crippen LogP contribution in [0.3, 0.4) is 0 Å². The lowest BCUT2D eigenvalue weighted by Gasteiger charge is -2.06. The van der Waals surface area contributed by atoms with Gasteiger partial charge in [-0.2, -0.15) is 0 Å². The van der Waals surface area contributed by atoms with E-state index in [4.69, 9.17) is 11.6 Å². The summed E-state index contributed by atoms with van der Waals surface area (Å²) in [6, 6.07) is 9.24. The minimum absolute atomic E-state index is 0.170. The number of amides is 1. The highest BCUT2D eigenvalue weighted by Gasteiger charge is 2.08. The summed E-state index contributed by atoms with van der Waals surface area (Å²) < 4.78 is 0. The highest BCUT2D eigenvalue weighted by Crippen LogP contribution is 2.18. The van der Waals surface area contributed by atoms with Crippen LogP contribution in [0.5, 0.6) is 0 Å². The van der Waals surface area contributed by atoms with E-state index in [2.05, 4.69) is 15.3 Å². The number of H-pyrrole nitrogens is 1. The molecule has 0 aliphatic carbocycles. The molecular weight excluding hydrogens is 274 g/mol. The molecule has 2 N–H and O–H groups in total. The molecule has 0 unspecified atom stereocenters. The lowest BCUT2D eigenvalue weighted by atomic mass is 10.1. The number of fused-ring (bicyclic) bond motifs is 1. The summed E-state index contributed by atoms with van der Waals surface area (Å²) in [4.78, 5) is 19.3. The second kappa shape index (κ2) is 4.98. The van der Waals surface area contributed by atoms with Crippen LogP contribution < -0.4 is 5.32 Å². The smallest absolute Gasteiger partial charge is 0.255 e. The third-order valence-electron chi connectivity index (χ3n) is 3.09. The molecule has 0 fully saturated rings. The van der Waals surface area contributed by atoms with E-state index < -0.39 is 0 Å². The van der Waals surface area contributed by atoms with E-state index in [9.17, 15) is 4.79 Å². The van der Waals surface area contributed by atoms with E-state index in [1.807, 2.05) is 31.3 Å². The number of hydrogen-bond acceptors (Lipinski definition) is 2. The second-order valence-electron chi connectivity index (χ2n) is 4.57. The number of hydrogen-bond donors (Lipinski definition) is 2. The maximum absolute atomic E-state index is 12.2. The zero-order valence-electron chi connectivity index (χ0n) is 10.8. The van der Waals surface area contributed by atoms with Gasteiger partial charge in [-0.15, -0.1) is 0 Å². The van der Waals surface area contributed by atoms with Crippen LogP contribution in [0.1, 0.15) is 15.9 Å². The lowest BCUT2D eigenvalue weighted by molar-refractivity contribution is 0.102. The first-order chi connectivity index (χ1) is 9.63. The topological polar surface area (TPSA) is 57.8 Å². The number of pyridine rings is 1. The summed E-state index contributed by atoms with van der Waals surface area (Å²) in [5.41, 5.74) is 3.06. The van der Waals surface area contributed by atoms with Gasteiger partial charge in [0.15, 0.2) is 0 Å². The predicted molar refractivity (Wildman–Crippen MR) is 80.2 cm³/mol. The Balaban J connectivity index is 1.86. The number of aryl methyl sites for hydroxylation is 1. The largest absolute Gasteiger partial charge is 0.361 e. The average Bonchev–Trinajstić information content (AvgIpc) is 2.90. The first kappa shape index (κ1) is 12.7. The number of aromatic amines is 1. The zero-order valence-corrected chi connectivity index (χ0v) is 11.5. The van der Waals surface area contributed by atoms with Gasteiger partial charge in [-0.25, -0.2) is 4.98 Å². The van der Waals surface area contributed by atoms with Crippen molar-refractivity contribution in [2.45, 2.75) is 6.92 Å². The number of anilines is 1. The fourth-order valence-electron chi connectivity index (χ4n) is 2.02. The van der Waals surface area contributed by atoms with Crippen LogP contribution in [0.4, 0.5) is 5.69 Å². The van der Waals surface area contributed by atoms with Gasteiger partial charge in [0.2, 0.25) is 0 Å². The predicted octanol–water partition coefficient (Wildman–Crippen LogP) is 3.78. The third-order valence-corrected chi connectivity index (χ3v) is 3.48. The summed E-state index contributed by atoms with van der Waals surface area (Å²) in [6.45, 7) is 1.84. The maximum Gasteiger partial charge on any atom is 0.255 e. The number of nitrogens with one attached hydrogen (secondary N) is 2. The fraction of sp³-hybridized carbons (Fsp3) is 0.0667. The quantitative estimate of drug-likeness (QED) is 0.704. The molecule has 5 heteroatoms. The Morgan fingerprint density at radius 3 is 2.95 bits per heavy atom. The summed E-state index contributed by atoms with van der Waals surface area (Å²) in [6.07, 6.45) is 3.39. The van der Waals surface area contributed by atoms with Crippen LogP contribution in [0.25, 0.3) is 10.9 Å². The maximum atomic E-state index is 12.2. The molecule has 1 aromatic carbocycles. The highest BCUT2D eigenvalue weighted by molar-refractivity contribution is 6.30. The molecule has 2 heterocycles. The molecule has 0 aliphatic heterocycles. The van der Waals surface area contributed by atoms with Crippen LogP contribution >= 0.6 is 11.6 Å². The minimum Gasteiger partial charge on any atom is -0.361 e. The van der Waals surface area contributed by atoms with Gasteiger partial charge in [0.05, 0.1) is 11.9 Å². The summed E-state index contributed by atoms with van der Waals surface area (Å²) in [7, 11) is 0. The molecule has 0 saturated carbocycles. The van der Waals surface area contributed by atoms with E-state index in [0.717, 1.165) is 16.5 Å². The Bertz CT molecular complexity index is 795. The molecule has 0 atom stereocenters. The van der Waals surface area contributed by atoms with Gasteiger partial charge in [0, 0.05) is 22.7 Å². The van der Waals surface area contributed by atoms with E-state index in [1.54, 1.807) is 18.3 Å². The molecule has 4 nitrogen and oxygen atoms in total. The van der Waals surface area contributed by atoms with Crippen molar-refractivity contribution in [1.82, 2.24) is 9.97 Å². The molecular formula is C15H12ClN3O. The van der Waals surface area contributed by atoms with Gasteiger partial charge in [-0.05, 0) is 42.8 Å². The molecule has 0 radical (unpaired) electrons. The van der Waals surface area contributed by atoms with Crippen LogP contribution in [0.2, 0.25) is 5.15 Å². The Kier molecular flexibility index (Phi) is 3.16. The fourth-order valence-corrected chi connectivity index (χ4v) is 2.13. The lowest BCUT2D eigenvalue weighted by Crippen LogP contribution is -2.12. The number of carbonyl (C=O) groups is 1. The van der Waals surface area contributed by atoms with Crippen LogP contribution in [-0.2, 0) is 0 Å². The van der Waals surface area contributed by atoms with Crippen molar-refractivity contribution in [1.29, 1.82) is 0 Å². The molecule has 0 spiro atoms. The monoisotopic (exact) mass is 285 g/mol. The molecule has 100 valence electrons. The summed E-state index contributed by atoms with van der Waals surface area (Å²) >= 11 is 5.86. The first-order valence-electron chi connectivity index (χ1n) is 6.14. The van der Waals surface area contributed by atoms with Crippen molar-refractivity contribution < 1.29 is 4.79 Å². The van der Waals surface area contributed by atoms with E-state index >= 15 is 0 Å². The van der Waals surface area contributed by atoms with Crippen molar-refractivity contribution in [3.8, 4) is 0 Å². The Hall–Kier alpha value is -2.33. The van der Waals surface area contributed by atoms with Gasteiger partial charge in [-0.3, -0.25) is 4.79 Å². The van der Waals surface area contributed by atoms with Crippen molar-refractivity contribution in [3.05, 3.63) is 59.0 Å². The first-order valence-corrected chi connectivity index (χ1v) is 6.52. The molecule has 0 aliphatic rings. The van der Waals surface area contributed by atoms with Crippen LogP contribution in [-0.4, -0.2) is 15.9 Å². The van der Waals surface area contributed by atoms with Crippen molar-refractivity contribution in [3.63, 3.8) is 0 Å². The summed E-state index contributed by atoms with van der Waals surface area (Å²) in [5, 5.41) is 4.26. The Morgan fingerprint density at radius 2 is 2.15 bits per heavy atom. The van der Waals surface area contributed by atoms with Gasteiger partial charge in [0.25, 0.3) is 5.91 Å². The normalized spacial score (nSPS) is 10.7. The van der Waals surface area contributed by atoms with Gasteiger partial charge in [0.1, 0.15) is 5.15 Å². The van der Waals surface area contributed by atoms with Crippen molar-refractivity contribution >= 4 is 34.1 Å². The molecule has 3 aromatic rings. The van der Waals surface area contributed by atoms with E-state index in [1.165, 1.54) is 0 Å². The second-order valence-corrected chi connectivity index (χ2v) is 4.92. The molecule has 2 aromatic heterocycles. The van der Waals surface area contributed by atoms with Gasteiger partial charge in [-0.1, -0.05) is 11.6 Å². The number of aromatic nitrogens is 2. The Labute approximate surface area is 120 Å². The standard InChI is InChI=1S/C15H12ClN3O/c1-9-6-12(8-18-14(9)16)19-15(20)11-2-3-13-10(7-11)4-5-17-13/h2-8,17H,1H3,(H,19,20). The zero-order chi connectivity index (χ0) is 14.1. The molecule has 3 rings (SSSR count). The number of benzene rings is 1. The molecule has 20 heavy (non-hydrogen) atoms. The number of nitrogens with zero attached hydrogens (tertiary/aromatic N) is 1. The van der Waals surface area contributed by atoms with Gasteiger partial charge < -0.3 is 10.3 Å². The summed E-state index contributed by atoms with van der Waals surface area (Å²) in [5.74, 6) is -0.170. The molecule has 0 saturated heterocycles. The highest BCUT2D eigenvalue weighted by atomic mass is 35.5. The van der Waals surface area contributed by atoms with Crippen molar-refractivity contribution in [2.24, 2.45) is 0 Å². The van der Waals surface area contributed by atoms with Crippen LogP contribution in [0, 0.1) is 6.92 Å². The van der Waals surface area contributed by atoms with Gasteiger partial charge >= 0.3 is 0 Å². The molecule has 0 bridgehead atoms. The molecule has 1 amide bonds. The number of rotatable bonds is 2. The minimum atomic E-state index is -0.170. The van der Waals surface area contributed by atoms with E-state index in [0.29, 0.717) is 16.4 Å². The third kappa shape index (κ3) is 2.38. The van der Waals surface area contributed by atoms with E-state index in [-0.39, 0.29) is 5.91 Å².